The Morgan fingerprint density at radius 1 is 1.00 bits per heavy atom. The minimum Gasteiger partial charge on any atom is -0.489 e. The van der Waals surface area contributed by atoms with Crippen LogP contribution in [0.1, 0.15) is 31.0 Å². The van der Waals surface area contributed by atoms with Gasteiger partial charge in [0.05, 0.1) is 0 Å². The van der Waals surface area contributed by atoms with Gasteiger partial charge in [0, 0.05) is 17.3 Å². The highest BCUT2D eigenvalue weighted by molar-refractivity contribution is 5.82. The number of nitrogens with one attached hydrogen (secondary N) is 1. The van der Waals surface area contributed by atoms with E-state index in [9.17, 15) is 0 Å². The summed E-state index contributed by atoms with van der Waals surface area (Å²) in [5.74, 6) is 1.41. The monoisotopic (exact) mass is 265 g/mol. The number of aromatic nitrogens is 1. The molecule has 1 aromatic heterocycles. The van der Waals surface area contributed by atoms with Gasteiger partial charge in [-0.1, -0.05) is 44.2 Å². The van der Waals surface area contributed by atoms with Crippen LogP contribution in [0, 0.1) is 0 Å². The summed E-state index contributed by atoms with van der Waals surface area (Å²) >= 11 is 0. The van der Waals surface area contributed by atoms with Gasteiger partial charge < -0.3 is 9.72 Å². The summed E-state index contributed by atoms with van der Waals surface area (Å²) in [6.45, 7) is 4.99. The molecule has 1 heterocycles. The fourth-order valence-electron chi connectivity index (χ4n) is 2.27. The lowest BCUT2D eigenvalue weighted by Crippen LogP contribution is -1.94. The van der Waals surface area contributed by atoms with Crippen molar-refractivity contribution < 1.29 is 4.74 Å². The van der Waals surface area contributed by atoms with E-state index >= 15 is 0 Å². The minimum atomic E-state index is 0.510. The van der Waals surface area contributed by atoms with Crippen LogP contribution in [-0.4, -0.2) is 4.98 Å². The molecule has 2 aromatic carbocycles. The molecule has 0 aliphatic carbocycles. The van der Waals surface area contributed by atoms with Crippen molar-refractivity contribution in [3.8, 4) is 5.75 Å². The van der Waals surface area contributed by atoms with Crippen LogP contribution in [0.5, 0.6) is 5.75 Å². The molecule has 0 amide bonds. The van der Waals surface area contributed by atoms with Crippen molar-refractivity contribution in [2.75, 3.05) is 0 Å². The number of rotatable bonds is 4. The van der Waals surface area contributed by atoms with E-state index in [0.717, 1.165) is 11.3 Å². The molecule has 0 unspecified atom stereocenters. The smallest absolute Gasteiger partial charge is 0.121 e. The van der Waals surface area contributed by atoms with E-state index in [2.05, 4.69) is 49.2 Å². The van der Waals surface area contributed by atoms with Gasteiger partial charge in [0.25, 0.3) is 0 Å². The van der Waals surface area contributed by atoms with Crippen molar-refractivity contribution >= 4 is 10.9 Å². The van der Waals surface area contributed by atoms with E-state index in [0.29, 0.717) is 12.5 Å². The number of hydrogen-bond acceptors (Lipinski definition) is 1. The SMILES string of the molecule is CC(C)c1cc2ccc(OCc3ccccc3)cc2[nH]1. The quantitative estimate of drug-likeness (QED) is 0.715. The number of fused-ring (bicyclic) bond motifs is 1. The minimum absolute atomic E-state index is 0.510. The van der Waals surface area contributed by atoms with E-state index < -0.39 is 0 Å². The first-order valence-corrected chi connectivity index (χ1v) is 7.02. The van der Waals surface area contributed by atoms with E-state index in [-0.39, 0.29) is 0 Å². The second-order valence-corrected chi connectivity index (χ2v) is 5.40. The Balaban J connectivity index is 1.78. The molecule has 0 saturated carbocycles. The summed E-state index contributed by atoms with van der Waals surface area (Å²) in [6.07, 6.45) is 0. The Labute approximate surface area is 119 Å². The lowest BCUT2D eigenvalue weighted by molar-refractivity contribution is 0.306. The normalized spacial score (nSPS) is 11.2. The zero-order valence-corrected chi connectivity index (χ0v) is 11.9. The Morgan fingerprint density at radius 2 is 1.80 bits per heavy atom. The van der Waals surface area contributed by atoms with Gasteiger partial charge in [-0.2, -0.15) is 0 Å². The van der Waals surface area contributed by atoms with Gasteiger partial charge in [-0.3, -0.25) is 0 Å². The Hall–Kier alpha value is -2.22. The van der Waals surface area contributed by atoms with Crippen molar-refractivity contribution in [3.05, 3.63) is 65.9 Å². The third-order valence-electron chi connectivity index (χ3n) is 3.49. The number of H-pyrrole nitrogens is 1. The standard InChI is InChI=1S/C18H19NO/c1-13(2)17-10-15-8-9-16(11-18(15)19-17)20-12-14-6-4-3-5-7-14/h3-11,13,19H,12H2,1-2H3. The third kappa shape index (κ3) is 2.69. The molecule has 20 heavy (non-hydrogen) atoms. The zero-order chi connectivity index (χ0) is 13.9. The molecule has 0 spiro atoms. The van der Waals surface area contributed by atoms with Crippen LogP contribution in [0.3, 0.4) is 0 Å². The highest BCUT2D eigenvalue weighted by atomic mass is 16.5. The molecule has 0 radical (unpaired) electrons. The first kappa shape index (κ1) is 12.8. The topological polar surface area (TPSA) is 25.0 Å². The average molecular weight is 265 g/mol. The largest absolute Gasteiger partial charge is 0.489 e. The maximum atomic E-state index is 5.85. The van der Waals surface area contributed by atoms with Gasteiger partial charge in [-0.05, 0) is 35.1 Å². The average Bonchev–Trinajstić information content (AvgIpc) is 2.89. The molecule has 102 valence electrons. The molecule has 3 rings (SSSR count). The highest BCUT2D eigenvalue weighted by Crippen LogP contribution is 2.25. The van der Waals surface area contributed by atoms with Crippen LogP contribution in [0.2, 0.25) is 0 Å². The summed E-state index contributed by atoms with van der Waals surface area (Å²) in [7, 11) is 0. The van der Waals surface area contributed by atoms with Crippen LogP contribution in [0.15, 0.2) is 54.6 Å². The number of ether oxygens (including phenoxy) is 1. The first-order chi connectivity index (χ1) is 9.72. The maximum Gasteiger partial charge on any atom is 0.121 e. The van der Waals surface area contributed by atoms with Crippen LogP contribution < -0.4 is 4.74 Å². The van der Waals surface area contributed by atoms with Gasteiger partial charge in [0.2, 0.25) is 0 Å². The van der Waals surface area contributed by atoms with Crippen LogP contribution in [0.25, 0.3) is 10.9 Å². The summed E-state index contributed by atoms with van der Waals surface area (Å²) in [6, 6.07) is 18.6. The number of aromatic amines is 1. The number of benzene rings is 2. The molecule has 2 nitrogen and oxygen atoms in total. The Bertz CT molecular complexity index is 698. The molecular weight excluding hydrogens is 246 g/mol. The Kier molecular flexibility index (Phi) is 3.46. The fourth-order valence-corrected chi connectivity index (χ4v) is 2.27. The van der Waals surface area contributed by atoms with Gasteiger partial charge >= 0.3 is 0 Å². The van der Waals surface area contributed by atoms with Gasteiger partial charge in [0.15, 0.2) is 0 Å². The molecular formula is C18H19NO. The van der Waals surface area contributed by atoms with Gasteiger partial charge in [-0.15, -0.1) is 0 Å². The molecule has 0 atom stereocenters. The molecule has 1 N–H and O–H groups in total. The predicted octanol–water partition coefficient (Wildman–Crippen LogP) is 4.87. The molecule has 0 bridgehead atoms. The van der Waals surface area contributed by atoms with Crippen LogP contribution in [-0.2, 0) is 6.61 Å². The Morgan fingerprint density at radius 3 is 2.55 bits per heavy atom. The number of hydrogen-bond donors (Lipinski definition) is 1. The van der Waals surface area contributed by atoms with Gasteiger partial charge in [0.1, 0.15) is 12.4 Å². The van der Waals surface area contributed by atoms with Crippen molar-refractivity contribution in [2.24, 2.45) is 0 Å². The molecule has 0 saturated heterocycles. The van der Waals surface area contributed by atoms with Crippen molar-refractivity contribution in [1.82, 2.24) is 4.98 Å². The molecule has 0 fully saturated rings. The van der Waals surface area contributed by atoms with E-state index in [4.69, 9.17) is 4.74 Å². The summed E-state index contributed by atoms with van der Waals surface area (Å²) in [5.41, 5.74) is 3.58. The van der Waals surface area contributed by atoms with Gasteiger partial charge in [-0.25, -0.2) is 0 Å². The second kappa shape index (κ2) is 5.41. The van der Waals surface area contributed by atoms with E-state index in [1.54, 1.807) is 0 Å². The highest BCUT2D eigenvalue weighted by Gasteiger charge is 2.05. The molecule has 2 heteroatoms. The third-order valence-corrected chi connectivity index (χ3v) is 3.49. The summed E-state index contributed by atoms with van der Waals surface area (Å²) < 4.78 is 5.85. The zero-order valence-electron chi connectivity index (χ0n) is 11.9. The molecule has 3 aromatic rings. The predicted molar refractivity (Wildman–Crippen MR) is 83.2 cm³/mol. The summed E-state index contributed by atoms with van der Waals surface area (Å²) in [4.78, 5) is 3.45. The maximum absolute atomic E-state index is 5.85. The lowest BCUT2D eigenvalue weighted by Gasteiger charge is -2.06. The van der Waals surface area contributed by atoms with Crippen LogP contribution >= 0.6 is 0 Å². The van der Waals surface area contributed by atoms with Crippen molar-refractivity contribution in [3.63, 3.8) is 0 Å². The molecule has 0 aliphatic heterocycles. The van der Waals surface area contributed by atoms with Crippen molar-refractivity contribution in [1.29, 1.82) is 0 Å². The lowest BCUT2D eigenvalue weighted by atomic mass is 10.1. The fraction of sp³-hybridized carbons (Fsp3) is 0.222. The van der Waals surface area contributed by atoms with E-state index in [1.165, 1.54) is 16.6 Å². The summed E-state index contributed by atoms with van der Waals surface area (Å²) in [5, 5.41) is 1.24. The molecule has 0 aliphatic rings. The second-order valence-electron chi connectivity index (χ2n) is 5.40. The van der Waals surface area contributed by atoms with Crippen molar-refractivity contribution in [2.45, 2.75) is 26.4 Å². The van der Waals surface area contributed by atoms with Crippen LogP contribution in [0.4, 0.5) is 0 Å². The van der Waals surface area contributed by atoms with E-state index in [1.807, 2.05) is 24.3 Å². The first-order valence-electron chi connectivity index (χ1n) is 7.02.